The molecule has 3 aromatic carbocycles. The van der Waals surface area contributed by atoms with Crippen molar-refractivity contribution in [2.75, 3.05) is 12.4 Å². The van der Waals surface area contributed by atoms with Gasteiger partial charge in [0.2, 0.25) is 0 Å². The molecule has 8 heteroatoms. The summed E-state index contributed by atoms with van der Waals surface area (Å²) in [6.45, 7) is 3.53. The van der Waals surface area contributed by atoms with E-state index >= 15 is 0 Å². The first-order valence-corrected chi connectivity index (χ1v) is 12.3. The van der Waals surface area contributed by atoms with E-state index in [1.165, 1.54) is 0 Å². The summed E-state index contributed by atoms with van der Waals surface area (Å²) in [6.07, 6.45) is 0.234. The molecule has 0 radical (unpaired) electrons. The Hall–Kier alpha value is -4.59. The molecule has 1 aromatic heterocycles. The fraction of sp³-hybridized carbons (Fsp3) is 0.233. The van der Waals surface area contributed by atoms with E-state index in [9.17, 15) is 14.7 Å². The third kappa shape index (κ3) is 4.85. The van der Waals surface area contributed by atoms with Crippen LogP contribution in [0.5, 0.6) is 5.75 Å². The number of aryl methyl sites for hydroxylation is 1. The van der Waals surface area contributed by atoms with Gasteiger partial charge >= 0.3 is 12.1 Å². The van der Waals surface area contributed by atoms with Crippen LogP contribution in [0.25, 0.3) is 22.5 Å². The lowest BCUT2D eigenvalue weighted by molar-refractivity contribution is -0.140. The van der Waals surface area contributed by atoms with Crippen LogP contribution >= 0.6 is 0 Å². The van der Waals surface area contributed by atoms with Crippen molar-refractivity contribution in [2.45, 2.75) is 38.2 Å². The monoisotopic (exact) mass is 512 g/mol. The van der Waals surface area contributed by atoms with Crippen molar-refractivity contribution in [2.24, 2.45) is 0 Å². The van der Waals surface area contributed by atoms with Crippen LogP contribution in [0, 0.1) is 6.92 Å². The second-order valence-electron chi connectivity index (χ2n) is 9.46. The molecule has 0 bridgehead atoms. The molecule has 1 unspecified atom stereocenters. The fourth-order valence-corrected chi connectivity index (χ4v) is 4.52. The second-order valence-corrected chi connectivity index (χ2v) is 9.46. The van der Waals surface area contributed by atoms with Gasteiger partial charge in [0.1, 0.15) is 23.2 Å². The van der Waals surface area contributed by atoms with Crippen LogP contribution in [0.15, 0.2) is 77.3 Å². The first-order valence-electron chi connectivity index (χ1n) is 12.3. The topological polar surface area (TPSA) is 111 Å². The molecule has 1 fully saturated rings. The van der Waals surface area contributed by atoms with Gasteiger partial charge in [-0.15, -0.1) is 0 Å². The van der Waals surface area contributed by atoms with Crippen LogP contribution in [-0.2, 0) is 14.9 Å². The molecule has 1 heterocycles. The molecular weight excluding hydrogens is 484 g/mol. The summed E-state index contributed by atoms with van der Waals surface area (Å²) in [7, 11) is 1.58. The first kappa shape index (κ1) is 25.1. The Balaban J connectivity index is 1.29. The van der Waals surface area contributed by atoms with Gasteiger partial charge in [-0.25, -0.2) is 4.79 Å². The summed E-state index contributed by atoms with van der Waals surface area (Å²) >= 11 is 0. The number of hydrogen-bond donors (Lipinski definition) is 2. The van der Waals surface area contributed by atoms with Crippen molar-refractivity contribution in [3.63, 3.8) is 0 Å². The summed E-state index contributed by atoms with van der Waals surface area (Å²) in [4.78, 5) is 24.3. The second kappa shape index (κ2) is 10.0. The number of amides is 1. The molecule has 5 rings (SSSR count). The molecular formula is C30H28N2O6. The van der Waals surface area contributed by atoms with Crippen LogP contribution in [0.2, 0.25) is 0 Å². The highest BCUT2D eigenvalue weighted by Crippen LogP contribution is 2.48. The number of rotatable bonds is 8. The Morgan fingerprint density at radius 1 is 1.00 bits per heavy atom. The highest BCUT2D eigenvalue weighted by molar-refractivity contribution is 5.91. The number of carboxylic acid groups (broad SMARTS) is 1. The molecule has 1 aliphatic carbocycles. The lowest BCUT2D eigenvalue weighted by Gasteiger charge is -2.15. The number of carboxylic acids is 1. The third-order valence-electron chi connectivity index (χ3n) is 7.01. The number of nitrogens with one attached hydrogen (secondary N) is 1. The molecule has 1 amide bonds. The number of carbonyl (C=O) groups is 2. The Bertz CT molecular complexity index is 1470. The summed E-state index contributed by atoms with van der Waals surface area (Å²) in [6, 6.07) is 22.7. The number of methoxy groups -OCH3 is 1. The Morgan fingerprint density at radius 3 is 2.24 bits per heavy atom. The van der Waals surface area contributed by atoms with Crippen LogP contribution < -0.4 is 10.1 Å². The number of carbonyl (C=O) groups excluding carboxylic acids is 1. The molecule has 194 valence electrons. The fourth-order valence-electron chi connectivity index (χ4n) is 4.52. The van der Waals surface area contributed by atoms with Crippen molar-refractivity contribution in [3.8, 4) is 28.2 Å². The molecule has 2 N–H and O–H groups in total. The van der Waals surface area contributed by atoms with E-state index in [0.717, 1.165) is 27.8 Å². The predicted octanol–water partition coefficient (Wildman–Crippen LogP) is 6.75. The van der Waals surface area contributed by atoms with E-state index < -0.39 is 23.6 Å². The van der Waals surface area contributed by atoms with Gasteiger partial charge in [0.05, 0.1) is 12.5 Å². The van der Waals surface area contributed by atoms with Gasteiger partial charge in [0.15, 0.2) is 5.76 Å². The molecule has 0 spiro atoms. The summed E-state index contributed by atoms with van der Waals surface area (Å²) < 4.78 is 16.4. The maximum absolute atomic E-state index is 12.7. The zero-order valence-electron chi connectivity index (χ0n) is 21.4. The van der Waals surface area contributed by atoms with Crippen molar-refractivity contribution in [1.82, 2.24) is 5.16 Å². The highest BCUT2D eigenvalue weighted by Gasteiger charge is 2.51. The van der Waals surface area contributed by atoms with Gasteiger partial charge in [-0.1, -0.05) is 65.8 Å². The number of aromatic nitrogens is 1. The van der Waals surface area contributed by atoms with E-state index in [0.29, 0.717) is 35.7 Å². The maximum Gasteiger partial charge on any atom is 0.412 e. The summed E-state index contributed by atoms with van der Waals surface area (Å²) in [5, 5.41) is 16.3. The van der Waals surface area contributed by atoms with Gasteiger partial charge < -0.3 is 19.1 Å². The first-order chi connectivity index (χ1) is 18.3. The van der Waals surface area contributed by atoms with E-state index in [-0.39, 0.29) is 0 Å². The van der Waals surface area contributed by atoms with E-state index in [2.05, 4.69) is 10.5 Å². The molecule has 1 saturated carbocycles. The number of ether oxygens (including phenoxy) is 2. The van der Waals surface area contributed by atoms with Gasteiger partial charge in [-0.2, -0.15) is 0 Å². The molecule has 1 atom stereocenters. The number of benzene rings is 3. The lowest BCUT2D eigenvalue weighted by atomic mass is 9.93. The average molecular weight is 513 g/mol. The van der Waals surface area contributed by atoms with E-state index in [1.807, 2.05) is 72.8 Å². The number of anilines is 1. The normalized spacial score (nSPS) is 14.4. The minimum absolute atomic E-state index is 0.424. The smallest absolute Gasteiger partial charge is 0.412 e. The summed E-state index contributed by atoms with van der Waals surface area (Å²) in [5.74, 6) is 0.342. The molecule has 0 aliphatic heterocycles. The van der Waals surface area contributed by atoms with Crippen LogP contribution in [0.1, 0.15) is 42.7 Å². The predicted molar refractivity (Wildman–Crippen MR) is 142 cm³/mol. The van der Waals surface area contributed by atoms with Gasteiger partial charge in [0.25, 0.3) is 0 Å². The van der Waals surface area contributed by atoms with Crippen molar-refractivity contribution < 1.29 is 28.7 Å². The number of nitrogens with zero attached hydrogens (tertiary/aromatic N) is 1. The Labute approximate surface area is 220 Å². The molecule has 4 aromatic rings. The maximum atomic E-state index is 12.7. The average Bonchev–Trinajstić information content (AvgIpc) is 3.68. The zero-order chi connectivity index (χ0) is 26.9. The SMILES string of the molecule is COc1cccc(C(C)OC(=O)Nc2c(C)noc2-c2ccc(-c3ccc(C4(C(=O)O)CC4)cc3)cc2)c1. The van der Waals surface area contributed by atoms with Crippen molar-refractivity contribution in [1.29, 1.82) is 0 Å². The Kier molecular flexibility index (Phi) is 6.63. The van der Waals surface area contributed by atoms with E-state index in [1.54, 1.807) is 21.0 Å². The minimum Gasteiger partial charge on any atom is -0.497 e. The standard InChI is InChI=1S/C30H28N2O6/c1-18-26(31-29(35)37-19(2)23-5-4-6-25(17-23)36-3)27(38-32-18)22-9-7-20(8-10-22)21-11-13-24(14-12-21)30(15-16-30)28(33)34/h4-14,17,19H,15-16H2,1-3H3,(H,31,35)(H,33,34). The quantitative estimate of drug-likeness (QED) is 0.269. The highest BCUT2D eigenvalue weighted by atomic mass is 16.6. The van der Waals surface area contributed by atoms with Gasteiger partial charge in [0, 0.05) is 5.56 Å². The van der Waals surface area contributed by atoms with Gasteiger partial charge in [-0.05, 0) is 61.1 Å². The van der Waals surface area contributed by atoms with Crippen molar-refractivity contribution >= 4 is 17.7 Å². The number of hydrogen-bond acceptors (Lipinski definition) is 6. The van der Waals surface area contributed by atoms with Crippen LogP contribution in [-0.4, -0.2) is 29.4 Å². The zero-order valence-corrected chi connectivity index (χ0v) is 21.4. The van der Waals surface area contributed by atoms with Crippen LogP contribution in [0.4, 0.5) is 10.5 Å². The van der Waals surface area contributed by atoms with Crippen LogP contribution in [0.3, 0.4) is 0 Å². The largest absolute Gasteiger partial charge is 0.497 e. The lowest BCUT2D eigenvalue weighted by Crippen LogP contribution is -2.19. The van der Waals surface area contributed by atoms with E-state index in [4.69, 9.17) is 14.0 Å². The third-order valence-corrected chi connectivity index (χ3v) is 7.01. The Morgan fingerprint density at radius 2 is 1.63 bits per heavy atom. The van der Waals surface area contributed by atoms with Gasteiger partial charge in [-0.3, -0.25) is 10.1 Å². The minimum atomic E-state index is -0.764. The number of aliphatic carboxylic acids is 1. The molecule has 1 aliphatic rings. The summed E-state index contributed by atoms with van der Waals surface area (Å²) in [5.41, 5.74) is 4.58. The van der Waals surface area contributed by atoms with Crippen molar-refractivity contribution in [3.05, 3.63) is 89.6 Å². The molecule has 38 heavy (non-hydrogen) atoms. The molecule has 8 nitrogen and oxygen atoms in total. The molecule has 0 saturated heterocycles.